The van der Waals surface area contributed by atoms with Gasteiger partial charge in [0.1, 0.15) is 0 Å². The first-order chi connectivity index (χ1) is 12.6. The number of rotatable bonds is 5. The number of benzene rings is 2. The third-order valence-corrected chi connectivity index (χ3v) is 5.63. The molecule has 0 atom stereocenters. The van der Waals surface area contributed by atoms with Gasteiger partial charge in [-0.05, 0) is 55.7 Å². The van der Waals surface area contributed by atoms with E-state index in [-0.39, 0.29) is 22.2 Å². The van der Waals surface area contributed by atoms with E-state index in [1.807, 2.05) is 0 Å². The molecular weight excluding hydrogens is 381 g/mol. The molecule has 0 bridgehead atoms. The van der Waals surface area contributed by atoms with Gasteiger partial charge in [0.2, 0.25) is 10.0 Å². The largest absolute Gasteiger partial charge is 0.416 e. The van der Waals surface area contributed by atoms with Gasteiger partial charge in [-0.1, -0.05) is 12.1 Å². The van der Waals surface area contributed by atoms with Crippen LogP contribution < -0.4 is 10.0 Å². The van der Waals surface area contributed by atoms with Crippen molar-refractivity contribution in [2.75, 3.05) is 5.32 Å². The van der Waals surface area contributed by atoms with Crippen LogP contribution in [0.1, 0.15) is 34.3 Å². The van der Waals surface area contributed by atoms with Crippen molar-refractivity contribution in [1.82, 2.24) is 4.72 Å². The zero-order valence-electron chi connectivity index (χ0n) is 14.3. The molecule has 3 rings (SSSR count). The lowest BCUT2D eigenvalue weighted by Gasteiger charge is -2.12. The molecule has 0 spiro atoms. The second kappa shape index (κ2) is 6.97. The summed E-state index contributed by atoms with van der Waals surface area (Å²) in [5.41, 5.74) is -0.337. The summed E-state index contributed by atoms with van der Waals surface area (Å²) >= 11 is 0. The molecule has 1 aliphatic carbocycles. The molecule has 9 heteroatoms. The molecule has 0 aromatic heterocycles. The molecule has 144 valence electrons. The first-order valence-electron chi connectivity index (χ1n) is 8.18. The van der Waals surface area contributed by atoms with Gasteiger partial charge in [0.15, 0.2) is 0 Å². The van der Waals surface area contributed by atoms with Crippen LogP contribution in [0.3, 0.4) is 0 Å². The molecule has 1 saturated carbocycles. The molecule has 1 fully saturated rings. The Morgan fingerprint density at radius 2 is 1.81 bits per heavy atom. The summed E-state index contributed by atoms with van der Waals surface area (Å²) in [5, 5.41) is 2.39. The van der Waals surface area contributed by atoms with Gasteiger partial charge in [0.25, 0.3) is 5.91 Å². The number of amides is 1. The Hall–Kier alpha value is -2.39. The van der Waals surface area contributed by atoms with E-state index in [2.05, 4.69) is 10.0 Å². The Balaban J connectivity index is 1.85. The molecule has 0 aliphatic heterocycles. The van der Waals surface area contributed by atoms with Crippen LogP contribution in [-0.4, -0.2) is 20.4 Å². The molecule has 2 aromatic rings. The van der Waals surface area contributed by atoms with Crippen molar-refractivity contribution in [3.8, 4) is 0 Å². The fourth-order valence-corrected chi connectivity index (χ4v) is 3.80. The van der Waals surface area contributed by atoms with Crippen molar-refractivity contribution in [2.24, 2.45) is 0 Å². The Kier molecular flexibility index (Phi) is 5.00. The van der Waals surface area contributed by atoms with E-state index in [9.17, 15) is 26.4 Å². The van der Waals surface area contributed by atoms with Gasteiger partial charge < -0.3 is 5.32 Å². The minimum absolute atomic E-state index is 0.0291. The highest BCUT2D eigenvalue weighted by molar-refractivity contribution is 7.89. The number of aryl methyl sites for hydroxylation is 1. The topological polar surface area (TPSA) is 75.3 Å². The molecule has 0 unspecified atom stereocenters. The van der Waals surface area contributed by atoms with Gasteiger partial charge in [-0.15, -0.1) is 0 Å². The molecule has 0 radical (unpaired) electrons. The van der Waals surface area contributed by atoms with Gasteiger partial charge in [0, 0.05) is 17.3 Å². The van der Waals surface area contributed by atoms with Crippen molar-refractivity contribution in [3.05, 3.63) is 59.2 Å². The van der Waals surface area contributed by atoms with Gasteiger partial charge in [0.05, 0.1) is 10.5 Å². The lowest BCUT2D eigenvalue weighted by atomic mass is 10.1. The number of anilines is 1. The summed E-state index contributed by atoms with van der Waals surface area (Å²) in [7, 11) is -3.75. The van der Waals surface area contributed by atoms with Crippen molar-refractivity contribution in [3.63, 3.8) is 0 Å². The minimum atomic E-state index is -4.53. The quantitative estimate of drug-likeness (QED) is 0.806. The molecule has 0 saturated heterocycles. The first kappa shape index (κ1) is 19.4. The monoisotopic (exact) mass is 398 g/mol. The van der Waals surface area contributed by atoms with Crippen LogP contribution >= 0.6 is 0 Å². The SMILES string of the molecule is Cc1ccc(S(=O)(=O)NC2CC2)cc1C(=O)Nc1cccc(C(F)(F)F)c1. The molecule has 5 nitrogen and oxygen atoms in total. The highest BCUT2D eigenvalue weighted by Crippen LogP contribution is 2.31. The average molecular weight is 398 g/mol. The zero-order chi connectivity index (χ0) is 19.8. The van der Waals surface area contributed by atoms with Crippen LogP contribution in [0.25, 0.3) is 0 Å². The highest BCUT2D eigenvalue weighted by atomic mass is 32.2. The van der Waals surface area contributed by atoms with Crippen molar-refractivity contribution in [2.45, 2.75) is 36.9 Å². The summed E-state index contributed by atoms with van der Waals surface area (Å²) in [5.74, 6) is -0.685. The number of nitrogens with one attached hydrogen (secondary N) is 2. The maximum absolute atomic E-state index is 12.8. The zero-order valence-corrected chi connectivity index (χ0v) is 15.1. The number of hydrogen-bond acceptors (Lipinski definition) is 3. The van der Waals surface area contributed by atoms with Crippen LogP contribution in [0.5, 0.6) is 0 Å². The molecule has 0 heterocycles. The van der Waals surface area contributed by atoms with Crippen LogP contribution in [0, 0.1) is 6.92 Å². The molecular formula is C18H17F3N2O3S. The van der Waals surface area contributed by atoms with Gasteiger partial charge in [-0.3, -0.25) is 4.79 Å². The van der Waals surface area contributed by atoms with Crippen LogP contribution in [-0.2, 0) is 16.2 Å². The highest BCUT2D eigenvalue weighted by Gasteiger charge is 2.31. The molecule has 1 aliphatic rings. The van der Waals surface area contributed by atoms with Gasteiger partial charge >= 0.3 is 6.18 Å². The van der Waals surface area contributed by atoms with Gasteiger partial charge in [-0.2, -0.15) is 13.2 Å². The molecule has 1 amide bonds. The Morgan fingerprint density at radius 1 is 1.11 bits per heavy atom. The Bertz CT molecular complexity index is 984. The predicted octanol–water partition coefficient (Wildman–Crippen LogP) is 3.71. The second-order valence-electron chi connectivity index (χ2n) is 6.40. The van der Waals surface area contributed by atoms with E-state index in [0.29, 0.717) is 5.56 Å². The average Bonchev–Trinajstić information content (AvgIpc) is 3.37. The van der Waals surface area contributed by atoms with E-state index in [1.54, 1.807) is 6.92 Å². The van der Waals surface area contributed by atoms with Gasteiger partial charge in [-0.25, -0.2) is 13.1 Å². The minimum Gasteiger partial charge on any atom is -0.322 e. The van der Waals surface area contributed by atoms with Crippen LogP contribution in [0.15, 0.2) is 47.4 Å². The molecule has 2 N–H and O–H groups in total. The number of carbonyl (C=O) groups is 1. The van der Waals surface area contributed by atoms with Crippen molar-refractivity contribution >= 4 is 21.6 Å². The predicted molar refractivity (Wildman–Crippen MR) is 93.9 cm³/mol. The van der Waals surface area contributed by atoms with E-state index in [0.717, 1.165) is 25.0 Å². The summed E-state index contributed by atoms with van der Waals surface area (Å²) in [6, 6.07) is 8.26. The van der Waals surface area contributed by atoms with Crippen LogP contribution in [0.2, 0.25) is 0 Å². The van der Waals surface area contributed by atoms with Crippen molar-refractivity contribution in [1.29, 1.82) is 0 Å². The van der Waals surface area contributed by atoms with E-state index < -0.39 is 27.7 Å². The smallest absolute Gasteiger partial charge is 0.322 e. The van der Waals surface area contributed by atoms with E-state index in [4.69, 9.17) is 0 Å². The maximum atomic E-state index is 12.8. The number of sulfonamides is 1. The fraction of sp³-hybridized carbons (Fsp3) is 0.278. The Morgan fingerprint density at radius 3 is 2.44 bits per heavy atom. The first-order valence-corrected chi connectivity index (χ1v) is 9.66. The molecule has 2 aromatic carbocycles. The Labute approximate surface area is 154 Å². The number of halogens is 3. The molecule has 27 heavy (non-hydrogen) atoms. The number of carbonyl (C=O) groups excluding carboxylic acids is 1. The number of alkyl halides is 3. The lowest BCUT2D eigenvalue weighted by Crippen LogP contribution is -2.26. The van der Waals surface area contributed by atoms with E-state index in [1.165, 1.54) is 30.3 Å². The fourth-order valence-electron chi connectivity index (χ4n) is 2.47. The summed E-state index contributed by atoms with van der Waals surface area (Å²) < 4.78 is 65.5. The van der Waals surface area contributed by atoms with Crippen molar-refractivity contribution < 1.29 is 26.4 Å². The standard InChI is InChI=1S/C18H17F3N2O3S/c1-11-5-8-15(27(25,26)23-13-6-7-13)10-16(11)17(24)22-14-4-2-3-12(9-14)18(19,20)21/h2-5,8-10,13,23H,6-7H2,1H3,(H,22,24). The van der Waals surface area contributed by atoms with Crippen LogP contribution in [0.4, 0.5) is 18.9 Å². The normalized spacial score (nSPS) is 14.8. The third-order valence-electron chi connectivity index (χ3n) is 4.11. The number of hydrogen-bond donors (Lipinski definition) is 2. The maximum Gasteiger partial charge on any atom is 0.416 e. The summed E-state index contributed by atoms with van der Waals surface area (Å²) in [6.45, 7) is 1.62. The second-order valence-corrected chi connectivity index (χ2v) is 8.12. The van der Waals surface area contributed by atoms with E-state index >= 15 is 0 Å². The summed E-state index contributed by atoms with van der Waals surface area (Å²) in [6.07, 6.45) is -2.99. The summed E-state index contributed by atoms with van der Waals surface area (Å²) in [4.78, 5) is 12.4. The third kappa shape index (κ3) is 4.67. The lowest BCUT2D eigenvalue weighted by molar-refractivity contribution is -0.137.